The minimum absolute atomic E-state index is 0.0231. The zero-order chi connectivity index (χ0) is 35.2. The minimum atomic E-state index is -2.18. The molecule has 1 aromatic heterocycles. The number of carbonyl (C=O) groups is 2. The zero-order valence-electron chi connectivity index (χ0n) is 24.8. The summed E-state index contributed by atoms with van der Waals surface area (Å²) in [6, 6.07) is 5.71. The van der Waals surface area contributed by atoms with Gasteiger partial charge in [-0.3, -0.25) is 4.79 Å². The van der Waals surface area contributed by atoms with Gasteiger partial charge in [0, 0.05) is 23.8 Å². The normalized spacial score (nSPS) is 30.5. The van der Waals surface area contributed by atoms with E-state index in [1.165, 1.54) is 26.4 Å². The molecule has 48 heavy (non-hydrogen) atoms. The largest absolute Gasteiger partial charge is 0.507 e. The molecule has 2 fully saturated rings. The van der Waals surface area contributed by atoms with Crippen molar-refractivity contribution in [2.24, 2.45) is 0 Å². The van der Waals surface area contributed by atoms with Gasteiger partial charge >= 0.3 is 11.9 Å². The highest BCUT2D eigenvalue weighted by molar-refractivity contribution is 5.86. The summed E-state index contributed by atoms with van der Waals surface area (Å²) in [7, 11) is 2.56. The van der Waals surface area contributed by atoms with E-state index in [4.69, 9.17) is 32.8 Å². The summed E-state index contributed by atoms with van der Waals surface area (Å²) >= 11 is 0. The smallest absolute Gasteiger partial charge is 0.335 e. The SMILES string of the molecule is COc1cc(-c2cc(=O)c3c(O)cc(O[C@@H]4O[C@H](C(=O)O)[C@@H](O)[C@H](O)[C@H]4O[C@@H]4O[C@H](C(=O)O)[C@@H](O)[C@H](O)[C@H]4O)cc3o2)cc(OC)c1O. The Morgan fingerprint density at radius 3 is 1.85 bits per heavy atom. The number of aromatic hydroxyl groups is 2. The monoisotopic (exact) mass is 682 g/mol. The van der Waals surface area contributed by atoms with Gasteiger partial charge in [0.15, 0.2) is 41.5 Å². The lowest BCUT2D eigenvalue weighted by atomic mass is 9.97. The molecule has 0 saturated carbocycles. The molecule has 0 unspecified atom stereocenters. The first-order valence-electron chi connectivity index (χ1n) is 13.9. The van der Waals surface area contributed by atoms with Crippen molar-refractivity contribution in [3.05, 3.63) is 40.6 Å². The molecule has 0 aliphatic carbocycles. The van der Waals surface area contributed by atoms with Gasteiger partial charge in [-0.15, -0.1) is 0 Å². The Morgan fingerprint density at radius 2 is 1.29 bits per heavy atom. The molecule has 19 nitrogen and oxygen atoms in total. The Hall–Kier alpha value is -4.73. The molecule has 2 aliphatic rings. The Balaban J connectivity index is 1.53. The van der Waals surface area contributed by atoms with Gasteiger partial charge in [0.05, 0.1) is 14.2 Å². The van der Waals surface area contributed by atoms with E-state index in [9.17, 15) is 60.3 Å². The number of carboxylic acid groups (broad SMARTS) is 2. The first-order chi connectivity index (χ1) is 22.7. The average molecular weight is 683 g/mol. The maximum absolute atomic E-state index is 13.0. The first-order valence-corrected chi connectivity index (χ1v) is 13.9. The number of aliphatic hydroxyl groups excluding tert-OH is 5. The number of hydrogen-bond acceptors (Lipinski definition) is 17. The molecule has 2 saturated heterocycles. The van der Waals surface area contributed by atoms with E-state index in [1.807, 2.05) is 0 Å². The number of phenols is 2. The predicted octanol–water partition coefficient (Wildman–Crippen LogP) is -1.92. The van der Waals surface area contributed by atoms with Crippen molar-refractivity contribution < 1.29 is 88.4 Å². The van der Waals surface area contributed by atoms with Gasteiger partial charge < -0.3 is 78.8 Å². The standard InChI is InChI=1S/C29H30O19/c1-42-14-3-8(4-15(43-2)17(14)32)12-7-11(31)16-10(30)5-9(6-13(16)45-12)44-29-25(21(36)20(35)24(47-29)27(40)41)48-28-22(37)18(33)19(34)23(46-28)26(38)39/h3-7,18-25,28-30,32-37H,1-2H3,(H,38,39)(H,40,41)/t18-,19-,20-,21-,22+,23-,24-,25+,28-,29+/m0/s1. The number of benzene rings is 2. The molecule has 0 spiro atoms. The molecule has 0 amide bonds. The van der Waals surface area contributed by atoms with Crippen molar-refractivity contribution in [1.82, 2.24) is 0 Å². The van der Waals surface area contributed by atoms with Crippen molar-refractivity contribution in [1.29, 1.82) is 0 Å². The van der Waals surface area contributed by atoms with Gasteiger partial charge in [0.2, 0.25) is 12.0 Å². The second kappa shape index (κ2) is 13.4. The molecule has 19 heteroatoms. The Kier molecular flexibility index (Phi) is 9.67. The molecule has 5 rings (SSSR count). The number of aliphatic hydroxyl groups is 5. The molecule has 10 atom stereocenters. The number of methoxy groups -OCH3 is 2. The number of carboxylic acids is 2. The van der Waals surface area contributed by atoms with Gasteiger partial charge in [0.1, 0.15) is 58.7 Å². The van der Waals surface area contributed by atoms with Crippen LogP contribution in [0.2, 0.25) is 0 Å². The van der Waals surface area contributed by atoms with Gasteiger partial charge in [-0.25, -0.2) is 9.59 Å². The number of aliphatic carboxylic acids is 2. The van der Waals surface area contributed by atoms with E-state index in [0.29, 0.717) is 0 Å². The van der Waals surface area contributed by atoms with E-state index in [2.05, 4.69) is 0 Å². The molecule has 9 N–H and O–H groups in total. The highest BCUT2D eigenvalue weighted by Crippen LogP contribution is 2.41. The van der Waals surface area contributed by atoms with Crippen LogP contribution in [-0.2, 0) is 23.8 Å². The van der Waals surface area contributed by atoms with Crippen molar-refractivity contribution in [3.63, 3.8) is 0 Å². The zero-order valence-corrected chi connectivity index (χ0v) is 24.8. The summed E-state index contributed by atoms with van der Waals surface area (Å²) in [4.78, 5) is 36.4. The fourth-order valence-electron chi connectivity index (χ4n) is 5.22. The lowest BCUT2D eigenvalue weighted by molar-refractivity contribution is -0.350. The molecular formula is C29H30O19. The highest BCUT2D eigenvalue weighted by Gasteiger charge is 2.54. The third-order valence-corrected chi connectivity index (χ3v) is 7.69. The van der Waals surface area contributed by atoms with Gasteiger partial charge in [0.25, 0.3) is 0 Å². The van der Waals surface area contributed by atoms with E-state index in [0.717, 1.165) is 18.2 Å². The van der Waals surface area contributed by atoms with Crippen LogP contribution in [0.5, 0.6) is 28.7 Å². The van der Waals surface area contributed by atoms with Crippen LogP contribution in [-0.4, -0.2) is 134 Å². The fourth-order valence-corrected chi connectivity index (χ4v) is 5.22. The van der Waals surface area contributed by atoms with E-state index in [-0.39, 0.29) is 45.3 Å². The molecule has 3 aromatic rings. The van der Waals surface area contributed by atoms with Crippen LogP contribution in [0.25, 0.3) is 22.3 Å². The van der Waals surface area contributed by atoms with Gasteiger partial charge in [-0.05, 0) is 12.1 Å². The van der Waals surface area contributed by atoms with Crippen LogP contribution in [0, 0.1) is 0 Å². The van der Waals surface area contributed by atoms with Crippen molar-refractivity contribution >= 4 is 22.9 Å². The topological polar surface area (TPSA) is 302 Å². The maximum Gasteiger partial charge on any atom is 0.335 e. The number of rotatable bonds is 9. The molecule has 3 heterocycles. The molecule has 2 aliphatic heterocycles. The summed E-state index contributed by atoms with van der Waals surface area (Å²) in [6.45, 7) is 0. The molecule has 0 radical (unpaired) electrons. The second-order valence-corrected chi connectivity index (χ2v) is 10.7. The predicted molar refractivity (Wildman–Crippen MR) is 152 cm³/mol. The minimum Gasteiger partial charge on any atom is -0.507 e. The Morgan fingerprint density at radius 1 is 0.729 bits per heavy atom. The van der Waals surface area contributed by atoms with Crippen LogP contribution in [0.4, 0.5) is 0 Å². The molecule has 260 valence electrons. The summed E-state index contributed by atoms with van der Waals surface area (Å²) < 4.78 is 37.7. The summed E-state index contributed by atoms with van der Waals surface area (Å²) in [5, 5.41) is 91.4. The first kappa shape index (κ1) is 34.6. The van der Waals surface area contributed by atoms with Crippen LogP contribution >= 0.6 is 0 Å². The van der Waals surface area contributed by atoms with Crippen molar-refractivity contribution in [3.8, 4) is 40.1 Å². The maximum atomic E-state index is 13.0. The van der Waals surface area contributed by atoms with Crippen molar-refractivity contribution in [2.75, 3.05) is 14.2 Å². The van der Waals surface area contributed by atoms with Crippen LogP contribution < -0.4 is 19.6 Å². The third kappa shape index (κ3) is 6.28. The lowest BCUT2D eigenvalue weighted by Crippen LogP contribution is -2.66. The Labute approximate surface area is 267 Å². The Bertz CT molecular complexity index is 1730. The number of fused-ring (bicyclic) bond motifs is 1. The average Bonchev–Trinajstić information content (AvgIpc) is 3.03. The number of ether oxygens (including phenoxy) is 6. The number of phenolic OH excluding ortho intramolecular Hbond substituents is 2. The van der Waals surface area contributed by atoms with Gasteiger partial charge in [-0.1, -0.05) is 0 Å². The molecular weight excluding hydrogens is 652 g/mol. The van der Waals surface area contributed by atoms with E-state index in [1.54, 1.807) is 0 Å². The molecule has 2 aromatic carbocycles. The van der Waals surface area contributed by atoms with Crippen LogP contribution in [0.1, 0.15) is 0 Å². The fraction of sp³-hybridized carbons (Fsp3) is 0.414. The van der Waals surface area contributed by atoms with Gasteiger partial charge in [-0.2, -0.15) is 0 Å². The number of hydrogen-bond donors (Lipinski definition) is 9. The second-order valence-electron chi connectivity index (χ2n) is 10.7. The van der Waals surface area contributed by atoms with Crippen molar-refractivity contribution in [2.45, 2.75) is 61.4 Å². The van der Waals surface area contributed by atoms with Crippen LogP contribution in [0.3, 0.4) is 0 Å². The summed E-state index contributed by atoms with van der Waals surface area (Å²) in [5.74, 6) is -5.02. The lowest BCUT2D eigenvalue weighted by Gasteiger charge is -2.44. The van der Waals surface area contributed by atoms with E-state index >= 15 is 0 Å². The summed E-state index contributed by atoms with van der Waals surface area (Å²) in [6.07, 6.45) is -21.0. The quantitative estimate of drug-likeness (QED) is 0.119. The third-order valence-electron chi connectivity index (χ3n) is 7.69. The van der Waals surface area contributed by atoms with Crippen LogP contribution in [0.15, 0.2) is 39.5 Å². The van der Waals surface area contributed by atoms with E-state index < -0.39 is 84.5 Å². The highest BCUT2D eigenvalue weighted by atomic mass is 16.8. The molecule has 0 bridgehead atoms. The summed E-state index contributed by atoms with van der Waals surface area (Å²) in [5.41, 5.74) is -0.803.